The largest absolute Gasteiger partial charge is 0.473 e. The van der Waals surface area contributed by atoms with Gasteiger partial charge in [-0.05, 0) is 47.3 Å². The van der Waals surface area contributed by atoms with Gasteiger partial charge in [0, 0.05) is 12.2 Å². The number of nitrogens with two attached hydrogens (primary N) is 1. The minimum absolute atomic E-state index is 0.247. The first-order valence-electron chi connectivity index (χ1n) is 4.69. The molecule has 1 aliphatic rings. The quantitative estimate of drug-likeness (QED) is 0.881. The first-order valence-corrected chi connectivity index (χ1v) is 5.49. The molecule has 0 saturated heterocycles. The molecule has 1 fully saturated rings. The van der Waals surface area contributed by atoms with Crippen LogP contribution < -0.4 is 10.5 Å². The Balaban J connectivity index is 2.02. The fourth-order valence-electron chi connectivity index (χ4n) is 1.47. The van der Waals surface area contributed by atoms with E-state index in [-0.39, 0.29) is 6.10 Å². The summed E-state index contributed by atoms with van der Waals surface area (Å²) in [5.74, 6) is 0.674. The lowest BCUT2D eigenvalue weighted by Gasteiger charge is -2.32. The first-order chi connectivity index (χ1) is 6.65. The van der Waals surface area contributed by atoms with Crippen LogP contribution in [0.1, 0.15) is 18.4 Å². The summed E-state index contributed by atoms with van der Waals surface area (Å²) in [6.07, 6.45) is 3.92. The van der Waals surface area contributed by atoms with E-state index in [0.717, 1.165) is 22.9 Å². The fourth-order valence-corrected chi connectivity index (χ4v) is 2.03. The second-order valence-corrected chi connectivity index (χ2v) is 4.63. The lowest BCUT2D eigenvalue weighted by Crippen LogP contribution is -2.43. The van der Waals surface area contributed by atoms with Crippen LogP contribution in [-0.4, -0.2) is 17.1 Å². The van der Waals surface area contributed by atoms with Crippen LogP contribution in [0.3, 0.4) is 0 Å². The number of ether oxygens (including phenoxy) is 1. The van der Waals surface area contributed by atoms with Gasteiger partial charge in [-0.2, -0.15) is 0 Å². The molecule has 14 heavy (non-hydrogen) atoms. The van der Waals surface area contributed by atoms with Crippen molar-refractivity contribution in [3.05, 3.63) is 22.3 Å². The number of aryl methyl sites for hydroxylation is 1. The predicted molar refractivity (Wildman–Crippen MR) is 58.3 cm³/mol. The van der Waals surface area contributed by atoms with Crippen molar-refractivity contribution >= 4 is 15.9 Å². The number of nitrogens with zero attached hydrogens (tertiary/aromatic N) is 1. The number of hydrogen-bond donors (Lipinski definition) is 1. The molecule has 0 aromatic carbocycles. The summed E-state index contributed by atoms with van der Waals surface area (Å²) >= 11 is 3.43. The molecular weight excluding hydrogens is 244 g/mol. The maximum atomic E-state index is 5.67. The van der Waals surface area contributed by atoms with E-state index in [2.05, 4.69) is 20.9 Å². The van der Waals surface area contributed by atoms with Crippen LogP contribution in [0.25, 0.3) is 0 Å². The third-order valence-electron chi connectivity index (χ3n) is 2.35. The zero-order chi connectivity index (χ0) is 10.1. The molecule has 1 saturated carbocycles. The Morgan fingerprint density at radius 2 is 2.29 bits per heavy atom. The molecular formula is C10H13BrN2O. The maximum absolute atomic E-state index is 5.67. The summed E-state index contributed by atoms with van der Waals surface area (Å²) in [6, 6.07) is 2.31. The Hall–Kier alpha value is -0.610. The first kappa shape index (κ1) is 9.93. The molecule has 2 rings (SSSR count). The average Bonchev–Trinajstić information content (AvgIpc) is 2.06. The molecule has 1 aromatic heterocycles. The number of hydrogen-bond acceptors (Lipinski definition) is 3. The highest BCUT2D eigenvalue weighted by Gasteiger charge is 2.28. The summed E-state index contributed by atoms with van der Waals surface area (Å²) in [7, 11) is 0. The molecule has 0 amide bonds. The van der Waals surface area contributed by atoms with Gasteiger partial charge >= 0.3 is 0 Å². The zero-order valence-electron chi connectivity index (χ0n) is 8.03. The van der Waals surface area contributed by atoms with Crippen molar-refractivity contribution in [2.75, 3.05) is 0 Å². The number of aromatic nitrogens is 1. The van der Waals surface area contributed by atoms with Gasteiger partial charge in [-0.1, -0.05) is 0 Å². The fraction of sp³-hybridized carbons (Fsp3) is 0.500. The third-order valence-corrected chi connectivity index (χ3v) is 2.92. The summed E-state index contributed by atoms with van der Waals surface area (Å²) in [5, 5.41) is 0. The number of pyridine rings is 1. The van der Waals surface area contributed by atoms with Crippen LogP contribution in [0.2, 0.25) is 0 Å². The molecule has 0 unspecified atom stereocenters. The summed E-state index contributed by atoms with van der Waals surface area (Å²) < 4.78 is 6.58. The number of rotatable bonds is 2. The minimum Gasteiger partial charge on any atom is -0.473 e. The molecule has 0 aliphatic heterocycles. The van der Waals surface area contributed by atoms with E-state index in [1.165, 1.54) is 0 Å². The minimum atomic E-state index is 0.247. The Morgan fingerprint density at radius 1 is 1.57 bits per heavy atom. The Labute approximate surface area is 91.8 Å². The van der Waals surface area contributed by atoms with Crippen molar-refractivity contribution in [1.82, 2.24) is 4.98 Å². The van der Waals surface area contributed by atoms with E-state index in [9.17, 15) is 0 Å². The Kier molecular flexibility index (Phi) is 2.74. The van der Waals surface area contributed by atoms with E-state index in [1.807, 2.05) is 13.0 Å². The standard InChI is InChI=1S/C10H13BrN2O/c1-6-2-9(11)10(13-5-6)14-8-3-7(12)4-8/h2,5,7-8H,3-4,12H2,1H3. The second kappa shape index (κ2) is 3.87. The van der Waals surface area contributed by atoms with Crippen molar-refractivity contribution in [3.63, 3.8) is 0 Å². The summed E-state index contributed by atoms with van der Waals surface area (Å²) in [5.41, 5.74) is 6.79. The van der Waals surface area contributed by atoms with Gasteiger partial charge in [0.05, 0.1) is 4.47 Å². The highest BCUT2D eigenvalue weighted by Crippen LogP contribution is 2.28. The van der Waals surface area contributed by atoms with Crippen LogP contribution in [0.4, 0.5) is 0 Å². The topological polar surface area (TPSA) is 48.1 Å². The van der Waals surface area contributed by atoms with Crippen LogP contribution in [0, 0.1) is 6.92 Å². The van der Waals surface area contributed by atoms with Gasteiger partial charge in [0.1, 0.15) is 6.10 Å². The van der Waals surface area contributed by atoms with Gasteiger partial charge in [-0.25, -0.2) is 4.98 Å². The molecule has 0 bridgehead atoms. The van der Waals surface area contributed by atoms with Crippen molar-refractivity contribution in [2.45, 2.75) is 31.9 Å². The highest BCUT2D eigenvalue weighted by molar-refractivity contribution is 9.10. The highest BCUT2D eigenvalue weighted by atomic mass is 79.9. The molecule has 0 radical (unpaired) electrons. The lowest BCUT2D eigenvalue weighted by atomic mass is 9.90. The molecule has 2 N–H and O–H groups in total. The normalized spacial score (nSPS) is 25.6. The summed E-state index contributed by atoms with van der Waals surface area (Å²) in [6.45, 7) is 2.00. The van der Waals surface area contributed by atoms with E-state index < -0.39 is 0 Å². The Bertz CT molecular complexity index is 337. The third kappa shape index (κ3) is 2.07. The van der Waals surface area contributed by atoms with Crippen molar-refractivity contribution in [1.29, 1.82) is 0 Å². The van der Waals surface area contributed by atoms with Gasteiger partial charge < -0.3 is 10.5 Å². The van der Waals surface area contributed by atoms with Crippen molar-refractivity contribution in [3.8, 4) is 5.88 Å². The smallest absolute Gasteiger partial charge is 0.228 e. The van der Waals surface area contributed by atoms with Crippen molar-refractivity contribution in [2.24, 2.45) is 5.73 Å². The van der Waals surface area contributed by atoms with Gasteiger partial charge in [-0.3, -0.25) is 0 Å². The Morgan fingerprint density at radius 3 is 2.86 bits per heavy atom. The second-order valence-electron chi connectivity index (χ2n) is 3.77. The zero-order valence-corrected chi connectivity index (χ0v) is 9.62. The van der Waals surface area contributed by atoms with E-state index >= 15 is 0 Å². The lowest BCUT2D eigenvalue weighted by molar-refractivity contribution is 0.0949. The molecule has 0 atom stereocenters. The monoisotopic (exact) mass is 256 g/mol. The predicted octanol–water partition coefficient (Wildman–Crippen LogP) is 2.02. The van der Waals surface area contributed by atoms with Crippen LogP contribution in [0.15, 0.2) is 16.7 Å². The van der Waals surface area contributed by atoms with Gasteiger partial charge in [0.15, 0.2) is 0 Å². The van der Waals surface area contributed by atoms with Crippen molar-refractivity contribution < 1.29 is 4.74 Å². The van der Waals surface area contributed by atoms with E-state index in [4.69, 9.17) is 10.5 Å². The number of halogens is 1. The molecule has 1 aliphatic carbocycles. The van der Waals surface area contributed by atoms with E-state index in [1.54, 1.807) is 6.20 Å². The average molecular weight is 257 g/mol. The van der Waals surface area contributed by atoms with Gasteiger partial charge in [0.25, 0.3) is 0 Å². The molecule has 1 heterocycles. The van der Waals surface area contributed by atoms with Crippen LogP contribution in [-0.2, 0) is 0 Å². The summed E-state index contributed by atoms with van der Waals surface area (Å²) in [4.78, 5) is 4.21. The molecule has 1 aromatic rings. The molecule has 4 heteroatoms. The van der Waals surface area contributed by atoms with Gasteiger partial charge in [0.2, 0.25) is 5.88 Å². The molecule has 3 nitrogen and oxygen atoms in total. The molecule has 76 valence electrons. The van der Waals surface area contributed by atoms with E-state index in [0.29, 0.717) is 11.9 Å². The van der Waals surface area contributed by atoms with Crippen LogP contribution >= 0.6 is 15.9 Å². The molecule has 0 spiro atoms. The van der Waals surface area contributed by atoms with Gasteiger partial charge in [-0.15, -0.1) is 0 Å². The van der Waals surface area contributed by atoms with Crippen LogP contribution in [0.5, 0.6) is 5.88 Å². The SMILES string of the molecule is Cc1cnc(OC2CC(N)C2)c(Br)c1. The maximum Gasteiger partial charge on any atom is 0.228 e.